The second kappa shape index (κ2) is 7.85. The molecule has 2 aromatic rings. The van der Waals surface area contributed by atoms with Crippen LogP contribution in [0, 0.1) is 0 Å². The number of carbonyl (C=O) groups excluding carboxylic acids is 1. The molecule has 0 fully saturated rings. The van der Waals surface area contributed by atoms with Gasteiger partial charge in [-0.15, -0.1) is 0 Å². The SMILES string of the molecule is COc1ccc(NC(=O)C(C)Nc2cccc(CO)c2)cc1Cl. The number of hydrogen-bond donors (Lipinski definition) is 3. The molecule has 122 valence electrons. The number of anilines is 2. The van der Waals surface area contributed by atoms with Gasteiger partial charge in [0.25, 0.3) is 0 Å². The fraction of sp³-hybridized carbons (Fsp3) is 0.235. The fourth-order valence-electron chi connectivity index (χ4n) is 2.07. The number of aliphatic hydroxyl groups excluding tert-OH is 1. The minimum Gasteiger partial charge on any atom is -0.495 e. The van der Waals surface area contributed by atoms with Crippen molar-refractivity contribution < 1.29 is 14.6 Å². The molecule has 2 rings (SSSR count). The quantitative estimate of drug-likeness (QED) is 0.758. The van der Waals surface area contributed by atoms with E-state index in [1.807, 2.05) is 18.2 Å². The van der Waals surface area contributed by atoms with Gasteiger partial charge >= 0.3 is 0 Å². The maximum atomic E-state index is 12.2. The van der Waals surface area contributed by atoms with Crippen molar-refractivity contribution in [1.29, 1.82) is 0 Å². The Morgan fingerprint density at radius 2 is 2.04 bits per heavy atom. The zero-order valence-electron chi connectivity index (χ0n) is 13.0. The van der Waals surface area contributed by atoms with Gasteiger partial charge in [-0.05, 0) is 42.8 Å². The summed E-state index contributed by atoms with van der Waals surface area (Å²) < 4.78 is 5.08. The van der Waals surface area contributed by atoms with Crippen molar-refractivity contribution in [2.75, 3.05) is 17.7 Å². The average molecular weight is 335 g/mol. The number of ether oxygens (including phenoxy) is 1. The topological polar surface area (TPSA) is 70.6 Å². The van der Waals surface area contributed by atoms with Gasteiger partial charge in [-0.1, -0.05) is 23.7 Å². The van der Waals surface area contributed by atoms with Crippen LogP contribution in [0.1, 0.15) is 12.5 Å². The number of methoxy groups -OCH3 is 1. The summed E-state index contributed by atoms with van der Waals surface area (Å²) in [5.41, 5.74) is 2.15. The molecule has 0 aliphatic rings. The molecule has 0 spiro atoms. The highest BCUT2D eigenvalue weighted by Crippen LogP contribution is 2.27. The number of benzene rings is 2. The van der Waals surface area contributed by atoms with E-state index >= 15 is 0 Å². The van der Waals surface area contributed by atoms with Gasteiger partial charge in [0.05, 0.1) is 18.7 Å². The molecule has 3 N–H and O–H groups in total. The van der Waals surface area contributed by atoms with Crippen LogP contribution in [0.15, 0.2) is 42.5 Å². The summed E-state index contributed by atoms with van der Waals surface area (Å²) in [5.74, 6) is 0.359. The van der Waals surface area contributed by atoms with Crippen LogP contribution in [0.4, 0.5) is 11.4 Å². The van der Waals surface area contributed by atoms with Crippen molar-refractivity contribution in [3.05, 3.63) is 53.1 Å². The number of carbonyl (C=O) groups is 1. The Hall–Kier alpha value is -2.24. The summed E-state index contributed by atoms with van der Waals surface area (Å²) >= 11 is 6.04. The summed E-state index contributed by atoms with van der Waals surface area (Å²) in [6, 6.07) is 11.9. The smallest absolute Gasteiger partial charge is 0.246 e. The highest BCUT2D eigenvalue weighted by molar-refractivity contribution is 6.32. The van der Waals surface area contributed by atoms with E-state index in [4.69, 9.17) is 21.4 Å². The van der Waals surface area contributed by atoms with Crippen LogP contribution in [0.5, 0.6) is 5.75 Å². The molecule has 0 bridgehead atoms. The van der Waals surface area contributed by atoms with Gasteiger partial charge in [-0.25, -0.2) is 0 Å². The average Bonchev–Trinajstić information content (AvgIpc) is 2.55. The summed E-state index contributed by atoms with van der Waals surface area (Å²) in [5, 5.41) is 15.5. The van der Waals surface area contributed by atoms with Gasteiger partial charge in [-0.3, -0.25) is 4.79 Å². The van der Waals surface area contributed by atoms with Gasteiger partial charge < -0.3 is 20.5 Å². The Morgan fingerprint density at radius 1 is 1.26 bits per heavy atom. The van der Waals surface area contributed by atoms with Crippen molar-refractivity contribution in [3.63, 3.8) is 0 Å². The Balaban J connectivity index is 2.00. The molecule has 0 aromatic heterocycles. The van der Waals surface area contributed by atoms with E-state index in [9.17, 15) is 4.79 Å². The molecule has 0 saturated carbocycles. The first-order valence-electron chi connectivity index (χ1n) is 7.14. The van der Waals surface area contributed by atoms with Crippen molar-refractivity contribution in [2.45, 2.75) is 19.6 Å². The number of aliphatic hydroxyl groups is 1. The Labute approximate surface area is 140 Å². The molecule has 1 amide bonds. The maximum Gasteiger partial charge on any atom is 0.246 e. The molecule has 0 saturated heterocycles. The number of hydrogen-bond acceptors (Lipinski definition) is 4. The number of halogens is 1. The lowest BCUT2D eigenvalue weighted by Crippen LogP contribution is -2.31. The predicted octanol–water partition coefficient (Wildman–Crippen LogP) is 3.28. The van der Waals surface area contributed by atoms with Gasteiger partial charge in [0.15, 0.2) is 0 Å². The van der Waals surface area contributed by atoms with Crippen molar-refractivity contribution >= 4 is 28.9 Å². The van der Waals surface area contributed by atoms with E-state index in [0.29, 0.717) is 16.5 Å². The van der Waals surface area contributed by atoms with E-state index in [1.54, 1.807) is 31.2 Å². The van der Waals surface area contributed by atoms with Crippen LogP contribution in [0.25, 0.3) is 0 Å². The largest absolute Gasteiger partial charge is 0.495 e. The van der Waals surface area contributed by atoms with Gasteiger partial charge in [-0.2, -0.15) is 0 Å². The van der Waals surface area contributed by atoms with Crippen LogP contribution in [0.2, 0.25) is 5.02 Å². The predicted molar refractivity (Wildman–Crippen MR) is 92.1 cm³/mol. The first-order chi connectivity index (χ1) is 11.0. The van der Waals surface area contributed by atoms with Gasteiger partial charge in [0, 0.05) is 11.4 Å². The molecule has 5 nitrogen and oxygen atoms in total. The standard InChI is InChI=1S/C17H19ClN2O3/c1-11(19-13-5-3-4-12(8-13)10-21)17(22)20-14-6-7-16(23-2)15(18)9-14/h3-9,11,19,21H,10H2,1-2H3,(H,20,22). The molecule has 0 aliphatic heterocycles. The van der Waals surface area contributed by atoms with E-state index in [2.05, 4.69) is 10.6 Å². The minimum atomic E-state index is -0.454. The molecular formula is C17H19ClN2O3. The molecular weight excluding hydrogens is 316 g/mol. The molecule has 0 radical (unpaired) electrons. The third-order valence-corrected chi connectivity index (χ3v) is 3.60. The van der Waals surface area contributed by atoms with E-state index in [1.165, 1.54) is 7.11 Å². The summed E-state index contributed by atoms with van der Waals surface area (Å²) in [7, 11) is 1.53. The molecule has 0 heterocycles. The zero-order valence-corrected chi connectivity index (χ0v) is 13.7. The molecule has 6 heteroatoms. The van der Waals surface area contributed by atoms with Crippen LogP contribution in [-0.4, -0.2) is 24.2 Å². The number of nitrogens with one attached hydrogen (secondary N) is 2. The Morgan fingerprint density at radius 3 is 2.70 bits per heavy atom. The summed E-state index contributed by atoms with van der Waals surface area (Å²) in [4.78, 5) is 12.2. The summed E-state index contributed by atoms with van der Waals surface area (Å²) in [6.45, 7) is 1.71. The highest BCUT2D eigenvalue weighted by atomic mass is 35.5. The van der Waals surface area contributed by atoms with Crippen LogP contribution in [0.3, 0.4) is 0 Å². The lowest BCUT2D eigenvalue weighted by atomic mass is 10.2. The second-order valence-corrected chi connectivity index (χ2v) is 5.47. The molecule has 1 atom stereocenters. The van der Waals surface area contributed by atoms with Crippen molar-refractivity contribution in [1.82, 2.24) is 0 Å². The minimum absolute atomic E-state index is 0.0412. The number of rotatable bonds is 6. The van der Waals surface area contributed by atoms with Gasteiger partial charge in [0.1, 0.15) is 11.8 Å². The molecule has 2 aromatic carbocycles. The van der Waals surface area contributed by atoms with E-state index in [-0.39, 0.29) is 12.5 Å². The van der Waals surface area contributed by atoms with Crippen molar-refractivity contribution in [2.24, 2.45) is 0 Å². The van der Waals surface area contributed by atoms with Crippen LogP contribution >= 0.6 is 11.6 Å². The Kier molecular flexibility index (Phi) is 5.84. The first kappa shape index (κ1) is 17.1. The van der Waals surface area contributed by atoms with Crippen LogP contribution < -0.4 is 15.4 Å². The Bertz CT molecular complexity index is 691. The van der Waals surface area contributed by atoms with Gasteiger partial charge in [0.2, 0.25) is 5.91 Å². The van der Waals surface area contributed by atoms with E-state index in [0.717, 1.165) is 11.3 Å². The monoisotopic (exact) mass is 334 g/mol. The molecule has 1 unspecified atom stereocenters. The third kappa shape index (κ3) is 4.61. The fourth-order valence-corrected chi connectivity index (χ4v) is 2.33. The van der Waals surface area contributed by atoms with Crippen LogP contribution in [-0.2, 0) is 11.4 Å². The second-order valence-electron chi connectivity index (χ2n) is 5.06. The molecule has 0 aliphatic carbocycles. The van der Waals surface area contributed by atoms with Crippen molar-refractivity contribution in [3.8, 4) is 5.75 Å². The van der Waals surface area contributed by atoms with E-state index < -0.39 is 6.04 Å². The lowest BCUT2D eigenvalue weighted by Gasteiger charge is -2.16. The first-order valence-corrected chi connectivity index (χ1v) is 7.52. The third-order valence-electron chi connectivity index (χ3n) is 3.31. The highest BCUT2D eigenvalue weighted by Gasteiger charge is 2.13. The molecule has 23 heavy (non-hydrogen) atoms. The number of amides is 1. The normalized spacial score (nSPS) is 11.7. The lowest BCUT2D eigenvalue weighted by molar-refractivity contribution is -0.116. The zero-order chi connectivity index (χ0) is 16.8. The summed E-state index contributed by atoms with van der Waals surface area (Å²) in [6.07, 6.45) is 0. The maximum absolute atomic E-state index is 12.2.